The lowest BCUT2D eigenvalue weighted by molar-refractivity contribution is 0.295. The second-order valence-electron chi connectivity index (χ2n) is 5.43. The van der Waals surface area contributed by atoms with Gasteiger partial charge in [0.25, 0.3) is 0 Å². The summed E-state index contributed by atoms with van der Waals surface area (Å²) < 4.78 is 26.7. The van der Waals surface area contributed by atoms with Crippen molar-refractivity contribution in [3.8, 4) is 5.75 Å². The van der Waals surface area contributed by atoms with Crippen LogP contribution in [-0.2, 0) is 10.0 Å². The molecule has 6 heteroatoms. The molecule has 0 amide bonds. The Hall–Kier alpha value is -1.11. The number of aromatic hydroxyl groups is 1. The summed E-state index contributed by atoms with van der Waals surface area (Å²) >= 11 is 0. The zero-order chi connectivity index (χ0) is 13.6. The Balaban J connectivity index is 1.96. The number of aryl methyl sites for hydroxylation is 1. The Morgan fingerprint density at radius 1 is 1.26 bits per heavy atom. The molecule has 0 radical (unpaired) electrons. The van der Waals surface area contributed by atoms with Crippen LogP contribution in [0.3, 0.4) is 0 Å². The van der Waals surface area contributed by atoms with Crippen molar-refractivity contribution in [3.05, 3.63) is 23.8 Å². The van der Waals surface area contributed by atoms with E-state index in [0.717, 1.165) is 18.4 Å². The van der Waals surface area contributed by atoms with Crippen molar-refractivity contribution < 1.29 is 13.5 Å². The summed E-state index contributed by atoms with van der Waals surface area (Å²) in [6.07, 6.45) is 2.05. The van der Waals surface area contributed by atoms with Gasteiger partial charge in [0.15, 0.2) is 0 Å². The van der Waals surface area contributed by atoms with Gasteiger partial charge < -0.3 is 10.4 Å². The zero-order valence-corrected chi connectivity index (χ0v) is 11.7. The van der Waals surface area contributed by atoms with Gasteiger partial charge in [0.05, 0.1) is 0 Å². The number of fused-ring (bicyclic) bond motifs is 2. The smallest absolute Gasteiger partial charge is 0.246 e. The number of piperazine rings is 1. The molecule has 1 aromatic rings. The number of hydrogen-bond donors (Lipinski definition) is 2. The molecule has 5 nitrogen and oxygen atoms in total. The fourth-order valence-corrected chi connectivity index (χ4v) is 4.62. The predicted octanol–water partition coefficient (Wildman–Crippen LogP) is 0.826. The predicted molar refractivity (Wildman–Crippen MR) is 71.5 cm³/mol. The van der Waals surface area contributed by atoms with Crippen molar-refractivity contribution in [1.82, 2.24) is 9.62 Å². The summed E-state index contributed by atoms with van der Waals surface area (Å²) in [5.74, 6) is -0.170. The fraction of sp³-hybridized carbons (Fsp3) is 0.538. The van der Waals surface area contributed by atoms with Crippen molar-refractivity contribution in [3.63, 3.8) is 0 Å². The van der Waals surface area contributed by atoms with Gasteiger partial charge in [0.1, 0.15) is 10.6 Å². The van der Waals surface area contributed by atoms with Gasteiger partial charge in [-0.05, 0) is 37.5 Å². The largest absolute Gasteiger partial charge is 0.507 e. The van der Waals surface area contributed by atoms with E-state index in [1.165, 1.54) is 16.4 Å². The highest BCUT2D eigenvalue weighted by Crippen LogP contribution is 2.30. The normalized spacial score (nSPS) is 27.6. The minimum Gasteiger partial charge on any atom is -0.507 e. The van der Waals surface area contributed by atoms with Crippen molar-refractivity contribution >= 4 is 10.0 Å². The fourth-order valence-electron chi connectivity index (χ4n) is 2.92. The van der Waals surface area contributed by atoms with Gasteiger partial charge in [0, 0.05) is 25.2 Å². The molecule has 3 rings (SSSR count). The quantitative estimate of drug-likeness (QED) is 0.843. The van der Waals surface area contributed by atoms with E-state index >= 15 is 0 Å². The number of rotatable bonds is 2. The van der Waals surface area contributed by atoms with E-state index in [0.29, 0.717) is 13.1 Å². The lowest BCUT2D eigenvalue weighted by Crippen LogP contribution is -2.52. The number of hydrogen-bond acceptors (Lipinski definition) is 4. The van der Waals surface area contributed by atoms with E-state index in [4.69, 9.17) is 0 Å². The SMILES string of the molecule is Cc1ccc(O)c(S(=O)(=O)N2CC3CCC(C2)N3)c1. The standard InChI is InChI=1S/C13H18N2O3S/c1-9-2-5-12(16)13(6-9)19(17,18)15-7-10-3-4-11(8-15)14-10/h2,5-6,10-11,14,16H,3-4,7-8H2,1H3. The zero-order valence-electron chi connectivity index (χ0n) is 10.8. The van der Waals surface area contributed by atoms with Crippen LogP contribution in [0.25, 0.3) is 0 Å². The van der Waals surface area contributed by atoms with Gasteiger partial charge in [-0.1, -0.05) is 6.07 Å². The molecule has 19 heavy (non-hydrogen) atoms. The summed E-state index contributed by atoms with van der Waals surface area (Å²) in [4.78, 5) is 0.0220. The molecule has 1 aromatic carbocycles. The molecule has 2 aliphatic rings. The molecular weight excluding hydrogens is 264 g/mol. The molecule has 0 saturated carbocycles. The molecule has 0 aromatic heterocycles. The monoisotopic (exact) mass is 282 g/mol. The summed E-state index contributed by atoms with van der Waals surface area (Å²) in [6, 6.07) is 5.18. The van der Waals surface area contributed by atoms with E-state index in [9.17, 15) is 13.5 Å². The summed E-state index contributed by atoms with van der Waals surface area (Å²) in [6.45, 7) is 2.80. The number of sulfonamides is 1. The van der Waals surface area contributed by atoms with Gasteiger partial charge in [-0.2, -0.15) is 4.31 Å². The van der Waals surface area contributed by atoms with Crippen LogP contribution in [0.15, 0.2) is 23.1 Å². The summed E-state index contributed by atoms with van der Waals surface area (Å²) in [7, 11) is -3.60. The number of nitrogens with one attached hydrogen (secondary N) is 1. The number of nitrogens with zero attached hydrogens (tertiary/aromatic N) is 1. The maximum atomic E-state index is 12.6. The molecule has 2 aliphatic heterocycles. The maximum absolute atomic E-state index is 12.6. The van der Waals surface area contributed by atoms with Crippen molar-refractivity contribution in [2.24, 2.45) is 0 Å². The van der Waals surface area contributed by atoms with Crippen LogP contribution in [0.4, 0.5) is 0 Å². The van der Waals surface area contributed by atoms with Crippen LogP contribution in [0.2, 0.25) is 0 Å². The van der Waals surface area contributed by atoms with Crippen LogP contribution in [-0.4, -0.2) is 43.0 Å². The van der Waals surface area contributed by atoms with Crippen molar-refractivity contribution in [2.45, 2.75) is 36.7 Å². The Morgan fingerprint density at radius 3 is 2.53 bits per heavy atom. The van der Waals surface area contributed by atoms with E-state index in [-0.39, 0.29) is 22.7 Å². The van der Waals surface area contributed by atoms with Crippen molar-refractivity contribution in [2.75, 3.05) is 13.1 Å². The third-order valence-corrected chi connectivity index (χ3v) is 5.78. The number of phenols is 1. The Labute approximate surface area is 113 Å². The average Bonchev–Trinajstić information content (AvgIpc) is 2.71. The third-order valence-electron chi connectivity index (χ3n) is 3.92. The molecule has 2 N–H and O–H groups in total. The Morgan fingerprint density at radius 2 is 1.89 bits per heavy atom. The van der Waals surface area contributed by atoms with E-state index in [1.54, 1.807) is 6.07 Å². The minimum absolute atomic E-state index is 0.0220. The van der Waals surface area contributed by atoms with E-state index < -0.39 is 10.0 Å². The molecule has 2 heterocycles. The topological polar surface area (TPSA) is 69.6 Å². The molecule has 2 fully saturated rings. The Kier molecular flexibility index (Phi) is 3.03. The molecule has 0 spiro atoms. The molecular formula is C13H18N2O3S. The van der Waals surface area contributed by atoms with Gasteiger partial charge in [-0.3, -0.25) is 0 Å². The second kappa shape index (κ2) is 4.47. The van der Waals surface area contributed by atoms with Crippen LogP contribution >= 0.6 is 0 Å². The first-order chi connectivity index (χ1) is 8.96. The van der Waals surface area contributed by atoms with Gasteiger partial charge in [-0.25, -0.2) is 8.42 Å². The molecule has 2 atom stereocenters. The number of benzene rings is 1. The highest BCUT2D eigenvalue weighted by Gasteiger charge is 2.38. The van der Waals surface area contributed by atoms with Gasteiger partial charge >= 0.3 is 0 Å². The van der Waals surface area contributed by atoms with Crippen LogP contribution < -0.4 is 5.32 Å². The summed E-state index contributed by atoms with van der Waals surface area (Å²) in [5.41, 5.74) is 0.828. The van der Waals surface area contributed by atoms with Gasteiger partial charge in [0.2, 0.25) is 10.0 Å². The lowest BCUT2D eigenvalue weighted by Gasteiger charge is -2.32. The maximum Gasteiger partial charge on any atom is 0.246 e. The van der Waals surface area contributed by atoms with Crippen molar-refractivity contribution in [1.29, 1.82) is 0 Å². The summed E-state index contributed by atoms with van der Waals surface area (Å²) in [5, 5.41) is 13.2. The first-order valence-corrected chi connectivity index (χ1v) is 7.96. The number of phenolic OH excluding ortho intramolecular Hbond substituents is 1. The molecule has 2 bridgehead atoms. The first kappa shape index (κ1) is 12.9. The highest BCUT2D eigenvalue weighted by atomic mass is 32.2. The minimum atomic E-state index is -3.60. The molecule has 2 unspecified atom stereocenters. The highest BCUT2D eigenvalue weighted by molar-refractivity contribution is 7.89. The second-order valence-corrected chi connectivity index (χ2v) is 7.34. The third kappa shape index (κ3) is 2.24. The van der Waals surface area contributed by atoms with Gasteiger partial charge in [-0.15, -0.1) is 0 Å². The molecule has 2 saturated heterocycles. The average molecular weight is 282 g/mol. The molecule has 0 aliphatic carbocycles. The van der Waals surface area contributed by atoms with Crippen LogP contribution in [0.5, 0.6) is 5.75 Å². The first-order valence-electron chi connectivity index (χ1n) is 6.52. The van der Waals surface area contributed by atoms with Crippen LogP contribution in [0, 0.1) is 6.92 Å². The van der Waals surface area contributed by atoms with E-state index in [1.807, 2.05) is 6.92 Å². The lowest BCUT2D eigenvalue weighted by atomic mass is 10.2. The Bertz CT molecular complexity index is 588. The van der Waals surface area contributed by atoms with Crippen LogP contribution in [0.1, 0.15) is 18.4 Å². The van der Waals surface area contributed by atoms with E-state index in [2.05, 4.69) is 5.32 Å². The molecule has 104 valence electrons.